The van der Waals surface area contributed by atoms with E-state index in [-0.39, 0.29) is 0 Å². The standard InChI is InChI=1S/C13H27NO/c1-10(2)13(15-4)12(14-3)11-8-6-5-7-9-11/h10-14H,5-9H2,1-4H3. The second kappa shape index (κ2) is 6.49. The molecule has 0 spiro atoms. The lowest BCUT2D eigenvalue weighted by Gasteiger charge is -2.36. The lowest BCUT2D eigenvalue weighted by Crippen LogP contribution is -2.47. The van der Waals surface area contributed by atoms with Crippen LogP contribution >= 0.6 is 0 Å². The van der Waals surface area contributed by atoms with Gasteiger partial charge in [-0.2, -0.15) is 0 Å². The number of likely N-dealkylation sites (N-methyl/N-ethyl adjacent to an activating group) is 1. The van der Waals surface area contributed by atoms with Gasteiger partial charge in [0, 0.05) is 13.2 Å². The van der Waals surface area contributed by atoms with Crippen LogP contribution in [0.2, 0.25) is 0 Å². The van der Waals surface area contributed by atoms with Crippen molar-refractivity contribution < 1.29 is 4.74 Å². The molecule has 1 rings (SSSR count). The van der Waals surface area contributed by atoms with E-state index in [0.717, 1.165) is 5.92 Å². The highest BCUT2D eigenvalue weighted by Crippen LogP contribution is 2.30. The second-order valence-corrected chi connectivity index (χ2v) is 5.16. The van der Waals surface area contributed by atoms with Crippen molar-refractivity contribution in [1.29, 1.82) is 0 Å². The Morgan fingerprint density at radius 1 is 1.13 bits per heavy atom. The molecule has 2 nitrogen and oxygen atoms in total. The van der Waals surface area contributed by atoms with E-state index in [1.807, 2.05) is 7.11 Å². The smallest absolute Gasteiger partial charge is 0.0749 e. The highest BCUT2D eigenvalue weighted by Gasteiger charge is 2.31. The minimum atomic E-state index is 0.359. The van der Waals surface area contributed by atoms with Gasteiger partial charge in [-0.05, 0) is 31.7 Å². The first-order valence-corrected chi connectivity index (χ1v) is 6.40. The Hall–Kier alpha value is -0.0800. The Balaban J connectivity index is 2.58. The third kappa shape index (κ3) is 3.46. The molecule has 90 valence electrons. The number of ether oxygens (including phenoxy) is 1. The quantitative estimate of drug-likeness (QED) is 0.758. The van der Waals surface area contributed by atoms with E-state index in [2.05, 4.69) is 26.2 Å². The molecule has 0 bridgehead atoms. The molecule has 0 saturated heterocycles. The molecular formula is C13H27NO. The summed E-state index contributed by atoms with van der Waals surface area (Å²) in [6.07, 6.45) is 7.33. The van der Waals surface area contributed by atoms with Crippen molar-refractivity contribution in [3.63, 3.8) is 0 Å². The summed E-state index contributed by atoms with van der Waals surface area (Å²) in [6, 6.07) is 0.537. The van der Waals surface area contributed by atoms with Crippen molar-refractivity contribution in [2.45, 2.75) is 58.1 Å². The third-order valence-electron chi connectivity index (χ3n) is 3.77. The first-order chi connectivity index (χ1) is 7.20. The second-order valence-electron chi connectivity index (χ2n) is 5.16. The fourth-order valence-electron chi connectivity index (χ4n) is 2.99. The molecule has 0 aromatic heterocycles. The normalized spacial score (nSPS) is 23.0. The van der Waals surface area contributed by atoms with Crippen molar-refractivity contribution in [2.24, 2.45) is 11.8 Å². The van der Waals surface area contributed by atoms with E-state index in [1.54, 1.807) is 0 Å². The fraction of sp³-hybridized carbons (Fsp3) is 1.00. The SMILES string of the molecule is CNC(C1CCCCC1)C(OC)C(C)C. The van der Waals surface area contributed by atoms with Gasteiger partial charge >= 0.3 is 0 Å². The van der Waals surface area contributed by atoms with Gasteiger partial charge in [0.1, 0.15) is 0 Å². The van der Waals surface area contributed by atoms with Gasteiger partial charge in [0.2, 0.25) is 0 Å². The molecule has 0 radical (unpaired) electrons. The molecule has 1 aliphatic carbocycles. The molecule has 1 fully saturated rings. The molecule has 2 atom stereocenters. The van der Waals surface area contributed by atoms with Crippen molar-refractivity contribution in [1.82, 2.24) is 5.32 Å². The van der Waals surface area contributed by atoms with Gasteiger partial charge < -0.3 is 10.1 Å². The molecule has 2 unspecified atom stereocenters. The van der Waals surface area contributed by atoms with Crippen LogP contribution < -0.4 is 5.32 Å². The van der Waals surface area contributed by atoms with Crippen LogP contribution in [0.25, 0.3) is 0 Å². The van der Waals surface area contributed by atoms with E-state index >= 15 is 0 Å². The highest BCUT2D eigenvalue weighted by molar-refractivity contribution is 4.86. The van der Waals surface area contributed by atoms with E-state index in [1.165, 1.54) is 32.1 Å². The summed E-state index contributed by atoms with van der Waals surface area (Å²) >= 11 is 0. The van der Waals surface area contributed by atoms with Gasteiger partial charge in [-0.3, -0.25) is 0 Å². The Kier molecular flexibility index (Phi) is 5.62. The zero-order valence-corrected chi connectivity index (χ0v) is 10.8. The molecule has 1 saturated carbocycles. The van der Waals surface area contributed by atoms with Gasteiger partial charge in [-0.25, -0.2) is 0 Å². The average Bonchev–Trinajstić information content (AvgIpc) is 2.26. The predicted molar refractivity (Wildman–Crippen MR) is 65.1 cm³/mol. The number of rotatable bonds is 5. The minimum Gasteiger partial charge on any atom is -0.380 e. The molecule has 0 aromatic carbocycles. The van der Waals surface area contributed by atoms with Crippen molar-refractivity contribution in [3.8, 4) is 0 Å². The number of methoxy groups -OCH3 is 1. The molecule has 15 heavy (non-hydrogen) atoms. The van der Waals surface area contributed by atoms with Crippen LogP contribution in [0.5, 0.6) is 0 Å². The van der Waals surface area contributed by atoms with Crippen molar-refractivity contribution >= 4 is 0 Å². The first kappa shape index (κ1) is 13.0. The molecule has 0 amide bonds. The Morgan fingerprint density at radius 3 is 2.13 bits per heavy atom. The third-order valence-corrected chi connectivity index (χ3v) is 3.77. The Labute approximate surface area is 94.8 Å². The van der Waals surface area contributed by atoms with Gasteiger partial charge in [-0.15, -0.1) is 0 Å². The van der Waals surface area contributed by atoms with Gasteiger partial charge in [0.05, 0.1) is 6.10 Å². The fourth-order valence-corrected chi connectivity index (χ4v) is 2.99. The summed E-state index contributed by atoms with van der Waals surface area (Å²) in [5.74, 6) is 1.41. The Bertz CT molecular complexity index is 164. The molecule has 1 N–H and O–H groups in total. The lowest BCUT2D eigenvalue weighted by atomic mass is 9.79. The van der Waals surface area contributed by atoms with Crippen LogP contribution in [0, 0.1) is 11.8 Å². The summed E-state index contributed by atoms with van der Waals surface area (Å²) in [5.41, 5.74) is 0. The van der Waals surface area contributed by atoms with E-state index in [4.69, 9.17) is 4.74 Å². The molecule has 0 aliphatic heterocycles. The van der Waals surface area contributed by atoms with Crippen LogP contribution in [-0.2, 0) is 4.74 Å². The summed E-state index contributed by atoms with van der Waals surface area (Å²) < 4.78 is 5.66. The number of nitrogens with one attached hydrogen (secondary N) is 1. The molecular weight excluding hydrogens is 186 g/mol. The summed E-state index contributed by atoms with van der Waals surface area (Å²) in [6.45, 7) is 4.50. The van der Waals surface area contributed by atoms with E-state index in [9.17, 15) is 0 Å². The first-order valence-electron chi connectivity index (χ1n) is 6.40. The summed E-state index contributed by atoms with van der Waals surface area (Å²) in [5, 5.41) is 3.48. The van der Waals surface area contributed by atoms with E-state index in [0.29, 0.717) is 18.1 Å². The molecule has 0 heterocycles. The van der Waals surface area contributed by atoms with Gasteiger partial charge in [0.15, 0.2) is 0 Å². The lowest BCUT2D eigenvalue weighted by molar-refractivity contribution is 0.0110. The zero-order valence-electron chi connectivity index (χ0n) is 10.8. The summed E-state index contributed by atoms with van der Waals surface area (Å²) in [4.78, 5) is 0. The molecule has 2 heteroatoms. The van der Waals surface area contributed by atoms with Crippen molar-refractivity contribution in [3.05, 3.63) is 0 Å². The van der Waals surface area contributed by atoms with Crippen molar-refractivity contribution in [2.75, 3.05) is 14.2 Å². The summed E-state index contributed by atoms with van der Waals surface area (Å²) in [7, 11) is 3.92. The number of hydrogen-bond acceptors (Lipinski definition) is 2. The van der Waals surface area contributed by atoms with E-state index < -0.39 is 0 Å². The van der Waals surface area contributed by atoms with Crippen LogP contribution in [0.4, 0.5) is 0 Å². The zero-order chi connectivity index (χ0) is 11.3. The monoisotopic (exact) mass is 213 g/mol. The van der Waals surface area contributed by atoms with Crippen LogP contribution in [0.1, 0.15) is 46.0 Å². The minimum absolute atomic E-state index is 0.359. The topological polar surface area (TPSA) is 21.3 Å². The van der Waals surface area contributed by atoms with Gasteiger partial charge in [-0.1, -0.05) is 33.1 Å². The van der Waals surface area contributed by atoms with Crippen LogP contribution in [-0.4, -0.2) is 26.3 Å². The predicted octanol–water partition coefficient (Wildman–Crippen LogP) is 2.83. The molecule has 0 aromatic rings. The maximum atomic E-state index is 5.66. The maximum Gasteiger partial charge on any atom is 0.0749 e. The maximum absolute atomic E-state index is 5.66. The highest BCUT2D eigenvalue weighted by atomic mass is 16.5. The Morgan fingerprint density at radius 2 is 1.73 bits per heavy atom. The van der Waals surface area contributed by atoms with Gasteiger partial charge in [0.25, 0.3) is 0 Å². The molecule has 1 aliphatic rings. The van der Waals surface area contributed by atoms with Crippen LogP contribution in [0.3, 0.4) is 0 Å². The number of hydrogen-bond donors (Lipinski definition) is 1. The van der Waals surface area contributed by atoms with Crippen LogP contribution in [0.15, 0.2) is 0 Å². The average molecular weight is 213 g/mol. The largest absolute Gasteiger partial charge is 0.380 e.